The lowest BCUT2D eigenvalue weighted by atomic mass is 10.2. The van der Waals surface area contributed by atoms with Gasteiger partial charge in [-0.15, -0.1) is 0 Å². The number of carbonyl (C=O) groups excluding carboxylic acids is 1. The zero-order chi connectivity index (χ0) is 13.7. The van der Waals surface area contributed by atoms with Crippen LogP contribution in [0, 0.1) is 0 Å². The van der Waals surface area contributed by atoms with Gasteiger partial charge in [-0.25, -0.2) is 0 Å². The SMILES string of the molecule is CC.CC.CC.O=C1COc2ccccc2N1. The molecule has 0 fully saturated rings. The van der Waals surface area contributed by atoms with E-state index in [1.165, 1.54) is 0 Å². The summed E-state index contributed by atoms with van der Waals surface area (Å²) in [5, 5.41) is 2.70. The third kappa shape index (κ3) is 6.61. The maximum absolute atomic E-state index is 10.8. The molecule has 2 rings (SSSR count). The molecule has 98 valence electrons. The second-order valence-electron chi connectivity index (χ2n) is 2.33. The first kappa shape index (κ1) is 17.9. The van der Waals surface area contributed by atoms with Gasteiger partial charge in [0.25, 0.3) is 5.91 Å². The van der Waals surface area contributed by atoms with Crippen molar-refractivity contribution in [3.8, 4) is 5.75 Å². The molecule has 3 nitrogen and oxygen atoms in total. The summed E-state index contributed by atoms with van der Waals surface area (Å²) in [5.41, 5.74) is 0.753. The van der Waals surface area contributed by atoms with E-state index in [4.69, 9.17) is 4.74 Å². The molecule has 1 N–H and O–H groups in total. The first-order valence-corrected chi connectivity index (χ1v) is 6.38. The molecule has 1 aliphatic heterocycles. The number of rotatable bonds is 0. The fourth-order valence-electron chi connectivity index (χ4n) is 1.03. The van der Waals surface area contributed by atoms with Gasteiger partial charge in [0, 0.05) is 0 Å². The van der Waals surface area contributed by atoms with Gasteiger partial charge in [-0.2, -0.15) is 0 Å². The molecule has 0 aliphatic carbocycles. The van der Waals surface area contributed by atoms with Crippen LogP contribution in [0.2, 0.25) is 0 Å². The van der Waals surface area contributed by atoms with Gasteiger partial charge in [0.1, 0.15) is 5.75 Å². The maximum Gasteiger partial charge on any atom is 0.262 e. The number of carbonyl (C=O) groups is 1. The Morgan fingerprint density at radius 3 is 2.12 bits per heavy atom. The molecule has 17 heavy (non-hydrogen) atoms. The highest BCUT2D eigenvalue weighted by molar-refractivity contribution is 5.95. The summed E-state index contributed by atoms with van der Waals surface area (Å²) >= 11 is 0. The molecule has 1 aliphatic rings. The van der Waals surface area contributed by atoms with E-state index in [0.29, 0.717) is 0 Å². The lowest BCUT2D eigenvalue weighted by Gasteiger charge is -2.16. The van der Waals surface area contributed by atoms with E-state index in [0.717, 1.165) is 11.4 Å². The Hall–Kier alpha value is -1.51. The number of nitrogens with one attached hydrogen (secondary N) is 1. The largest absolute Gasteiger partial charge is 0.482 e. The van der Waals surface area contributed by atoms with Gasteiger partial charge in [0.2, 0.25) is 0 Å². The number of amides is 1. The average Bonchev–Trinajstić information content (AvgIpc) is 2.45. The monoisotopic (exact) mass is 239 g/mol. The van der Waals surface area contributed by atoms with Crippen LogP contribution in [0.5, 0.6) is 5.75 Å². The van der Waals surface area contributed by atoms with Crippen LogP contribution < -0.4 is 10.1 Å². The molecule has 0 radical (unpaired) electrons. The van der Waals surface area contributed by atoms with E-state index in [1.54, 1.807) is 0 Å². The summed E-state index contributed by atoms with van der Waals surface area (Å²) in [5.74, 6) is 0.649. The van der Waals surface area contributed by atoms with Crippen molar-refractivity contribution in [1.29, 1.82) is 0 Å². The topological polar surface area (TPSA) is 38.3 Å². The van der Waals surface area contributed by atoms with Gasteiger partial charge in [-0.1, -0.05) is 53.7 Å². The number of benzene rings is 1. The third-order valence-corrected chi connectivity index (χ3v) is 1.52. The van der Waals surface area contributed by atoms with Gasteiger partial charge in [-0.3, -0.25) is 4.79 Å². The highest BCUT2D eigenvalue weighted by Gasteiger charge is 2.13. The van der Waals surface area contributed by atoms with Crippen molar-refractivity contribution in [2.24, 2.45) is 0 Å². The quantitative estimate of drug-likeness (QED) is 0.740. The number of anilines is 1. The Labute approximate surface area is 105 Å². The summed E-state index contributed by atoms with van der Waals surface area (Å²) in [6, 6.07) is 7.37. The van der Waals surface area contributed by atoms with Crippen molar-refractivity contribution in [2.75, 3.05) is 11.9 Å². The van der Waals surface area contributed by atoms with Crippen LogP contribution in [0.4, 0.5) is 5.69 Å². The normalized spacial score (nSPS) is 10.6. The Kier molecular flexibility index (Phi) is 13.2. The first-order valence-electron chi connectivity index (χ1n) is 6.38. The molecule has 1 amide bonds. The second-order valence-corrected chi connectivity index (χ2v) is 2.33. The average molecular weight is 239 g/mol. The molecular weight excluding hydrogens is 214 g/mol. The highest BCUT2D eigenvalue weighted by atomic mass is 16.5. The van der Waals surface area contributed by atoms with Crippen LogP contribution in [0.15, 0.2) is 24.3 Å². The van der Waals surface area contributed by atoms with E-state index in [2.05, 4.69) is 5.32 Å². The first-order chi connectivity index (χ1) is 8.36. The molecule has 1 heterocycles. The number of para-hydroxylation sites is 2. The summed E-state index contributed by atoms with van der Waals surface area (Å²) in [4.78, 5) is 10.8. The van der Waals surface area contributed by atoms with E-state index in [9.17, 15) is 4.79 Å². The molecule has 0 aromatic heterocycles. The molecule has 0 bridgehead atoms. The standard InChI is InChI=1S/C8H7NO2.3C2H6/c10-8-5-11-7-4-2-1-3-6(7)9-8;3*1-2/h1-4H,5H2,(H,9,10);3*1-2H3. The lowest BCUT2D eigenvalue weighted by Crippen LogP contribution is -2.25. The minimum Gasteiger partial charge on any atom is -0.482 e. The Morgan fingerprint density at radius 2 is 1.53 bits per heavy atom. The summed E-state index contributed by atoms with van der Waals surface area (Å²) in [6.45, 7) is 12.1. The van der Waals surface area contributed by atoms with Crippen molar-refractivity contribution in [3.63, 3.8) is 0 Å². The zero-order valence-electron chi connectivity index (χ0n) is 11.8. The van der Waals surface area contributed by atoms with Crippen LogP contribution in [-0.2, 0) is 4.79 Å². The Morgan fingerprint density at radius 1 is 1.00 bits per heavy atom. The number of fused-ring (bicyclic) bond motifs is 1. The van der Waals surface area contributed by atoms with Gasteiger partial charge >= 0.3 is 0 Å². The van der Waals surface area contributed by atoms with Crippen molar-refractivity contribution in [3.05, 3.63) is 24.3 Å². The minimum absolute atomic E-state index is 0.0938. The summed E-state index contributed by atoms with van der Waals surface area (Å²) < 4.78 is 5.12. The van der Waals surface area contributed by atoms with E-state index >= 15 is 0 Å². The van der Waals surface area contributed by atoms with Gasteiger partial charge in [-0.05, 0) is 12.1 Å². The maximum atomic E-state index is 10.8. The Balaban J connectivity index is 0. The van der Waals surface area contributed by atoms with E-state index in [1.807, 2.05) is 65.8 Å². The molecule has 0 saturated heterocycles. The predicted molar refractivity (Wildman–Crippen MR) is 74.6 cm³/mol. The minimum atomic E-state index is -0.0938. The fourth-order valence-corrected chi connectivity index (χ4v) is 1.03. The van der Waals surface area contributed by atoms with Gasteiger partial charge in [0.05, 0.1) is 5.69 Å². The molecule has 1 aromatic carbocycles. The number of hydrogen-bond acceptors (Lipinski definition) is 2. The van der Waals surface area contributed by atoms with Crippen molar-refractivity contribution >= 4 is 11.6 Å². The van der Waals surface area contributed by atoms with Crippen LogP contribution >= 0.6 is 0 Å². The third-order valence-electron chi connectivity index (χ3n) is 1.52. The van der Waals surface area contributed by atoms with Crippen molar-refractivity contribution in [1.82, 2.24) is 0 Å². The number of ether oxygens (including phenoxy) is 1. The van der Waals surface area contributed by atoms with Crippen LogP contribution in [0.25, 0.3) is 0 Å². The van der Waals surface area contributed by atoms with Crippen molar-refractivity contribution < 1.29 is 9.53 Å². The van der Waals surface area contributed by atoms with E-state index < -0.39 is 0 Å². The zero-order valence-corrected chi connectivity index (χ0v) is 11.8. The molecule has 0 unspecified atom stereocenters. The molecule has 1 aromatic rings. The second kappa shape index (κ2) is 12.6. The summed E-state index contributed by atoms with van der Waals surface area (Å²) in [7, 11) is 0. The molecule has 3 heteroatoms. The molecule has 0 atom stereocenters. The summed E-state index contributed by atoms with van der Waals surface area (Å²) in [6.07, 6.45) is 0. The predicted octanol–water partition coefficient (Wildman–Crippen LogP) is 4.10. The van der Waals surface area contributed by atoms with Crippen LogP contribution in [-0.4, -0.2) is 12.5 Å². The molecular formula is C14H25NO2. The van der Waals surface area contributed by atoms with Gasteiger partial charge in [0.15, 0.2) is 6.61 Å². The number of hydrogen-bond donors (Lipinski definition) is 1. The molecule has 0 spiro atoms. The van der Waals surface area contributed by atoms with Crippen LogP contribution in [0.3, 0.4) is 0 Å². The Bertz CT molecular complexity index is 298. The van der Waals surface area contributed by atoms with Gasteiger partial charge < -0.3 is 10.1 Å². The lowest BCUT2D eigenvalue weighted by molar-refractivity contribution is -0.118. The highest BCUT2D eigenvalue weighted by Crippen LogP contribution is 2.25. The van der Waals surface area contributed by atoms with Crippen molar-refractivity contribution in [2.45, 2.75) is 41.5 Å². The van der Waals surface area contributed by atoms with Crippen LogP contribution in [0.1, 0.15) is 41.5 Å². The fraction of sp³-hybridized carbons (Fsp3) is 0.500. The van der Waals surface area contributed by atoms with E-state index in [-0.39, 0.29) is 12.5 Å². The molecule has 0 saturated carbocycles. The smallest absolute Gasteiger partial charge is 0.262 e.